The highest BCUT2D eigenvalue weighted by Gasteiger charge is 2.17. The van der Waals surface area contributed by atoms with Gasteiger partial charge in [-0.05, 0) is 36.4 Å². The van der Waals surface area contributed by atoms with Crippen molar-refractivity contribution in [3.63, 3.8) is 0 Å². The fraction of sp³-hybridized carbons (Fsp3) is 0.111. The van der Waals surface area contributed by atoms with Crippen LogP contribution < -0.4 is 10.0 Å². The van der Waals surface area contributed by atoms with Gasteiger partial charge in [-0.15, -0.1) is 0 Å². The fourth-order valence-electron chi connectivity index (χ4n) is 2.33. The van der Waals surface area contributed by atoms with E-state index in [9.17, 15) is 13.2 Å². The van der Waals surface area contributed by atoms with Gasteiger partial charge < -0.3 is 10.1 Å². The highest BCUT2D eigenvalue weighted by atomic mass is 32.2. The van der Waals surface area contributed by atoms with E-state index in [1.54, 1.807) is 24.3 Å². The Morgan fingerprint density at radius 1 is 1.07 bits per heavy atom. The van der Waals surface area contributed by atoms with Crippen molar-refractivity contribution in [2.24, 2.45) is 0 Å². The number of nitrogens with one attached hydrogen (secondary N) is 2. The summed E-state index contributed by atoms with van der Waals surface area (Å²) in [6.07, 6.45) is 2.73. The lowest BCUT2D eigenvalue weighted by Gasteiger charge is -2.08. The average Bonchev–Trinajstić information content (AvgIpc) is 3.15. The van der Waals surface area contributed by atoms with Crippen LogP contribution in [0.15, 0.2) is 71.9 Å². The van der Waals surface area contributed by atoms with Crippen LogP contribution in [0.2, 0.25) is 0 Å². The maximum absolute atomic E-state index is 12.5. The normalized spacial score (nSPS) is 11.1. The second-order valence-electron chi connectivity index (χ2n) is 5.62. The van der Waals surface area contributed by atoms with Gasteiger partial charge in [-0.2, -0.15) is 5.10 Å². The SMILES string of the molecule is COCC(=O)Nc1ccc(NS(=O)(=O)c2cnn(-c3ccccc3)c2)cc1. The number of hydrogen-bond donors (Lipinski definition) is 2. The summed E-state index contributed by atoms with van der Waals surface area (Å²) in [5, 5.41) is 6.73. The molecule has 0 spiro atoms. The van der Waals surface area contributed by atoms with E-state index in [1.165, 1.54) is 24.2 Å². The average molecular weight is 386 g/mol. The zero-order valence-electron chi connectivity index (χ0n) is 14.5. The van der Waals surface area contributed by atoms with Gasteiger partial charge in [0.25, 0.3) is 10.0 Å². The molecule has 2 N–H and O–H groups in total. The Labute approximate surface area is 156 Å². The van der Waals surface area contributed by atoms with Gasteiger partial charge in [0.05, 0.1) is 18.1 Å². The number of carbonyl (C=O) groups is 1. The number of ether oxygens (including phenoxy) is 1. The molecule has 0 saturated carbocycles. The van der Waals surface area contributed by atoms with Crippen molar-refractivity contribution in [2.75, 3.05) is 23.8 Å². The third kappa shape index (κ3) is 4.72. The molecule has 140 valence electrons. The van der Waals surface area contributed by atoms with E-state index in [0.29, 0.717) is 11.4 Å². The highest BCUT2D eigenvalue weighted by Crippen LogP contribution is 2.19. The van der Waals surface area contributed by atoms with Gasteiger partial charge in [-0.25, -0.2) is 13.1 Å². The number of benzene rings is 2. The van der Waals surface area contributed by atoms with Crippen LogP contribution in [0.4, 0.5) is 11.4 Å². The molecule has 3 rings (SSSR count). The van der Waals surface area contributed by atoms with Crippen LogP contribution in [-0.4, -0.2) is 37.8 Å². The van der Waals surface area contributed by atoms with Gasteiger partial charge in [-0.1, -0.05) is 18.2 Å². The van der Waals surface area contributed by atoms with E-state index in [-0.39, 0.29) is 17.4 Å². The Morgan fingerprint density at radius 3 is 2.41 bits per heavy atom. The van der Waals surface area contributed by atoms with Crippen molar-refractivity contribution in [3.8, 4) is 5.69 Å². The Kier molecular flexibility index (Phi) is 5.53. The molecular formula is C18H18N4O4S. The predicted molar refractivity (Wildman–Crippen MR) is 101 cm³/mol. The molecule has 0 aliphatic rings. The number of amides is 1. The summed E-state index contributed by atoms with van der Waals surface area (Å²) in [6, 6.07) is 15.5. The lowest BCUT2D eigenvalue weighted by molar-refractivity contribution is -0.119. The summed E-state index contributed by atoms with van der Waals surface area (Å²) < 4.78 is 33.8. The standard InChI is InChI=1S/C18H18N4O4S/c1-26-13-18(23)20-14-7-9-15(10-8-14)21-27(24,25)17-11-19-22(12-17)16-5-3-2-4-6-16/h2-12,21H,13H2,1H3,(H,20,23). The van der Waals surface area contributed by atoms with Gasteiger partial charge in [0.1, 0.15) is 11.5 Å². The van der Waals surface area contributed by atoms with Crippen molar-refractivity contribution in [1.29, 1.82) is 0 Å². The molecule has 27 heavy (non-hydrogen) atoms. The number of carbonyl (C=O) groups excluding carboxylic acids is 1. The zero-order valence-corrected chi connectivity index (χ0v) is 15.3. The van der Waals surface area contributed by atoms with Crippen LogP contribution in [0.25, 0.3) is 5.69 Å². The molecule has 1 heterocycles. The van der Waals surface area contributed by atoms with E-state index in [4.69, 9.17) is 4.74 Å². The maximum atomic E-state index is 12.5. The van der Waals surface area contributed by atoms with Gasteiger partial charge in [0.2, 0.25) is 5.91 Å². The molecule has 2 aromatic carbocycles. The van der Waals surface area contributed by atoms with Crippen molar-refractivity contribution < 1.29 is 17.9 Å². The van der Waals surface area contributed by atoms with E-state index < -0.39 is 10.0 Å². The molecule has 1 aromatic heterocycles. The molecule has 0 bridgehead atoms. The van der Waals surface area contributed by atoms with Crippen LogP contribution in [0.1, 0.15) is 0 Å². The summed E-state index contributed by atoms with van der Waals surface area (Å²) in [5.74, 6) is -0.292. The minimum absolute atomic E-state index is 0.0452. The third-order valence-electron chi connectivity index (χ3n) is 3.59. The highest BCUT2D eigenvalue weighted by molar-refractivity contribution is 7.92. The van der Waals surface area contributed by atoms with Crippen LogP contribution in [0.3, 0.4) is 0 Å². The number of sulfonamides is 1. The Morgan fingerprint density at radius 2 is 1.74 bits per heavy atom. The Balaban J connectivity index is 1.71. The lowest BCUT2D eigenvalue weighted by Crippen LogP contribution is -2.17. The maximum Gasteiger partial charge on any atom is 0.265 e. The van der Waals surface area contributed by atoms with Crippen molar-refractivity contribution in [1.82, 2.24) is 9.78 Å². The van der Waals surface area contributed by atoms with Crippen molar-refractivity contribution >= 4 is 27.3 Å². The molecule has 0 atom stereocenters. The van der Waals surface area contributed by atoms with E-state index >= 15 is 0 Å². The number of methoxy groups -OCH3 is 1. The first-order chi connectivity index (χ1) is 13.0. The van der Waals surface area contributed by atoms with E-state index in [1.807, 2.05) is 30.3 Å². The molecule has 8 nitrogen and oxygen atoms in total. The summed E-state index contributed by atoms with van der Waals surface area (Å²) in [4.78, 5) is 11.5. The fourth-order valence-corrected chi connectivity index (χ4v) is 3.32. The van der Waals surface area contributed by atoms with Gasteiger partial charge in [-0.3, -0.25) is 9.52 Å². The first kappa shape index (κ1) is 18.6. The van der Waals surface area contributed by atoms with Crippen molar-refractivity contribution in [2.45, 2.75) is 4.90 Å². The number of rotatable bonds is 7. The molecule has 3 aromatic rings. The Hall–Kier alpha value is -3.17. The van der Waals surface area contributed by atoms with Gasteiger partial charge >= 0.3 is 0 Å². The van der Waals surface area contributed by atoms with Crippen molar-refractivity contribution in [3.05, 3.63) is 67.0 Å². The quantitative estimate of drug-likeness (QED) is 0.648. The van der Waals surface area contributed by atoms with Gasteiger partial charge in [0, 0.05) is 18.5 Å². The molecule has 1 amide bonds. The summed E-state index contributed by atoms with van der Waals surface area (Å²) in [7, 11) is -2.36. The molecule has 0 aliphatic carbocycles. The van der Waals surface area contributed by atoms with Crippen LogP contribution in [0, 0.1) is 0 Å². The topological polar surface area (TPSA) is 102 Å². The predicted octanol–water partition coefficient (Wildman–Crippen LogP) is 2.26. The number of hydrogen-bond acceptors (Lipinski definition) is 5. The number of nitrogens with zero attached hydrogens (tertiary/aromatic N) is 2. The number of anilines is 2. The summed E-state index contributed by atoms with van der Waals surface area (Å²) in [6.45, 7) is -0.0558. The van der Waals surface area contributed by atoms with E-state index in [0.717, 1.165) is 5.69 Å². The molecule has 0 unspecified atom stereocenters. The van der Waals surface area contributed by atoms with Crippen LogP contribution in [0.5, 0.6) is 0 Å². The summed E-state index contributed by atoms with van der Waals surface area (Å²) in [5.41, 5.74) is 1.67. The van der Waals surface area contributed by atoms with Crippen LogP contribution >= 0.6 is 0 Å². The van der Waals surface area contributed by atoms with E-state index in [2.05, 4.69) is 15.1 Å². The summed E-state index contributed by atoms with van der Waals surface area (Å²) >= 11 is 0. The molecule has 0 radical (unpaired) electrons. The lowest BCUT2D eigenvalue weighted by atomic mass is 10.3. The smallest absolute Gasteiger partial charge is 0.265 e. The molecule has 0 aliphatic heterocycles. The van der Waals surface area contributed by atoms with Gasteiger partial charge in [0.15, 0.2) is 0 Å². The first-order valence-corrected chi connectivity index (χ1v) is 9.48. The number of aromatic nitrogens is 2. The minimum atomic E-state index is -3.79. The molecule has 0 saturated heterocycles. The monoisotopic (exact) mass is 386 g/mol. The molecular weight excluding hydrogens is 368 g/mol. The number of para-hydroxylation sites is 1. The van der Waals surface area contributed by atoms with Crippen LogP contribution in [-0.2, 0) is 19.6 Å². The second-order valence-corrected chi connectivity index (χ2v) is 7.30. The Bertz CT molecular complexity index is 1020. The zero-order chi connectivity index (χ0) is 19.3. The first-order valence-electron chi connectivity index (χ1n) is 8.00. The second kappa shape index (κ2) is 8.02. The minimum Gasteiger partial charge on any atom is -0.375 e. The largest absolute Gasteiger partial charge is 0.375 e. The third-order valence-corrected chi connectivity index (χ3v) is 4.92. The molecule has 0 fully saturated rings. The molecule has 9 heteroatoms.